The fraction of sp³-hybridized carbons (Fsp3) is 0.421. The number of hydrogen-bond acceptors (Lipinski definition) is 6. The maximum atomic E-state index is 12.6. The van der Waals surface area contributed by atoms with Crippen molar-refractivity contribution in [2.24, 2.45) is 0 Å². The molecule has 2 aromatic rings. The molecule has 144 valence electrons. The minimum absolute atomic E-state index is 0.0373. The summed E-state index contributed by atoms with van der Waals surface area (Å²) in [7, 11) is -1.22. The molecule has 1 aromatic carbocycles. The van der Waals surface area contributed by atoms with E-state index in [2.05, 4.69) is 22.2 Å². The average molecular weight is 406 g/mol. The number of rotatable bonds is 4. The molecule has 27 heavy (non-hydrogen) atoms. The third-order valence-electron chi connectivity index (χ3n) is 5.15. The van der Waals surface area contributed by atoms with E-state index in [1.165, 1.54) is 11.3 Å². The van der Waals surface area contributed by atoms with Gasteiger partial charge in [-0.3, -0.25) is 9.69 Å². The molecule has 0 spiro atoms. The molecule has 1 saturated heterocycles. The van der Waals surface area contributed by atoms with Gasteiger partial charge < -0.3 is 10.2 Å². The van der Waals surface area contributed by atoms with Gasteiger partial charge in [-0.05, 0) is 24.7 Å². The zero-order valence-corrected chi connectivity index (χ0v) is 16.9. The van der Waals surface area contributed by atoms with Crippen molar-refractivity contribution in [2.45, 2.75) is 10.6 Å². The Hall–Kier alpha value is -1.74. The summed E-state index contributed by atoms with van der Waals surface area (Å²) < 4.78 is 25.0. The Bertz CT molecular complexity index is 960. The number of fused-ring (bicyclic) bond motifs is 3. The minimum atomic E-state index is -3.34. The Morgan fingerprint density at radius 3 is 2.70 bits per heavy atom. The number of nitrogens with one attached hydrogen (secondary N) is 1. The number of benzene rings is 1. The fourth-order valence-corrected chi connectivity index (χ4v) is 6.45. The molecule has 0 radical (unpaired) electrons. The molecular weight excluding hydrogens is 382 g/mol. The Morgan fingerprint density at radius 1 is 1.19 bits per heavy atom. The van der Waals surface area contributed by atoms with E-state index in [0.717, 1.165) is 43.2 Å². The first-order valence-corrected chi connectivity index (χ1v) is 11.5. The molecule has 0 unspecified atom stereocenters. The summed E-state index contributed by atoms with van der Waals surface area (Å²) in [6, 6.07) is 8.76. The Morgan fingerprint density at radius 2 is 1.93 bits per heavy atom. The van der Waals surface area contributed by atoms with Crippen molar-refractivity contribution in [3.05, 3.63) is 40.8 Å². The molecule has 2 aliphatic heterocycles. The number of carbonyl (C=O) groups excluding carboxylic acids is 1. The second-order valence-corrected chi connectivity index (χ2v) is 10.1. The van der Waals surface area contributed by atoms with Gasteiger partial charge in [0.1, 0.15) is 0 Å². The quantitative estimate of drug-likeness (QED) is 0.838. The summed E-state index contributed by atoms with van der Waals surface area (Å²) in [5.41, 5.74) is 1.43. The van der Waals surface area contributed by atoms with Crippen LogP contribution in [-0.4, -0.2) is 70.4 Å². The van der Waals surface area contributed by atoms with Gasteiger partial charge in [0.25, 0.3) is 5.91 Å². The predicted octanol–water partition coefficient (Wildman–Crippen LogP) is 1.68. The number of nitrogens with zero attached hydrogens (tertiary/aromatic N) is 2. The minimum Gasteiger partial charge on any atom is -0.350 e. The summed E-state index contributed by atoms with van der Waals surface area (Å²) in [5, 5.41) is 2.98. The van der Waals surface area contributed by atoms with Crippen LogP contribution in [0.1, 0.15) is 15.2 Å². The topological polar surface area (TPSA) is 69.7 Å². The third-order valence-corrected chi connectivity index (χ3v) is 8.08. The van der Waals surface area contributed by atoms with Crippen molar-refractivity contribution >= 4 is 27.1 Å². The van der Waals surface area contributed by atoms with E-state index < -0.39 is 9.84 Å². The second kappa shape index (κ2) is 7.35. The van der Waals surface area contributed by atoms with Crippen molar-refractivity contribution in [3.8, 4) is 10.4 Å². The molecule has 1 fully saturated rings. The molecule has 1 N–H and O–H groups in total. The van der Waals surface area contributed by atoms with Crippen LogP contribution in [0.15, 0.2) is 35.2 Å². The van der Waals surface area contributed by atoms with Crippen molar-refractivity contribution in [2.75, 3.05) is 46.3 Å². The number of likely N-dealkylation sites (N-methyl/N-ethyl adjacent to an activating group) is 1. The number of carbonyl (C=O) groups is 1. The lowest BCUT2D eigenvalue weighted by Crippen LogP contribution is -2.46. The van der Waals surface area contributed by atoms with Crippen LogP contribution in [0.4, 0.5) is 0 Å². The standard InChI is InChI=1S/C19H23N3O3S2/c1-21-8-10-22(11-9-21)7-6-20-19(23)16-12-14-13-27(24,25)17-5-3-2-4-15(17)18(14)26-16/h2-5,12H,6-11,13H2,1H3,(H,20,23). The van der Waals surface area contributed by atoms with E-state index in [9.17, 15) is 13.2 Å². The maximum Gasteiger partial charge on any atom is 0.261 e. The zero-order valence-electron chi connectivity index (χ0n) is 15.3. The van der Waals surface area contributed by atoms with Gasteiger partial charge in [-0.15, -0.1) is 11.3 Å². The normalized spacial score (nSPS) is 19.3. The van der Waals surface area contributed by atoms with E-state index >= 15 is 0 Å². The van der Waals surface area contributed by atoms with Crippen LogP contribution in [0, 0.1) is 0 Å². The van der Waals surface area contributed by atoms with Crippen molar-refractivity contribution in [1.29, 1.82) is 0 Å². The molecule has 0 aliphatic carbocycles. The summed E-state index contributed by atoms with van der Waals surface area (Å²) in [5.74, 6) is -0.164. The van der Waals surface area contributed by atoms with Gasteiger partial charge >= 0.3 is 0 Å². The lowest BCUT2D eigenvalue weighted by atomic mass is 10.1. The van der Waals surface area contributed by atoms with E-state index in [1.54, 1.807) is 18.2 Å². The van der Waals surface area contributed by atoms with Crippen LogP contribution in [0.3, 0.4) is 0 Å². The molecule has 1 aromatic heterocycles. The summed E-state index contributed by atoms with van der Waals surface area (Å²) in [4.78, 5) is 19.0. The van der Waals surface area contributed by atoms with Gasteiger partial charge in [-0.1, -0.05) is 18.2 Å². The molecular formula is C19H23N3O3S2. The van der Waals surface area contributed by atoms with Crippen molar-refractivity contribution < 1.29 is 13.2 Å². The van der Waals surface area contributed by atoms with Crippen LogP contribution in [0.25, 0.3) is 10.4 Å². The van der Waals surface area contributed by atoms with Crippen LogP contribution >= 0.6 is 11.3 Å². The number of sulfone groups is 1. The van der Waals surface area contributed by atoms with E-state index in [4.69, 9.17) is 0 Å². The first-order chi connectivity index (χ1) is 12.9. The Balaban J connectivity index is 1.44. The highest BCUT2D eigenvalue weighted by Gasteiger charge is 2.30. The second-order valence-electron chi connectivity index (χ2n) is 7.12. The number of thiophene rings is 1. The first kappa shape index (κ1) is 18.6. The SMILES string of the molecule is CN1CCN(CCNC(=O)c2cc3c(s2)-c2ccccc2S(=O)(=O)C3)CC1. The van der Waals surface area contributed by atoms with Crippen LogP contribution in [0.2, 0.25) is 0 Å². The Labute approximate surface area is 163 Å². The van der Waals surface area contributed by atoms with Crippen molar-refractivity contribution in [1.82, 2.24) is 15.1 Å². The summed E-state index contributed by atoms with van der Waals surface area (Å²) >= 11 is 1.38. The molecule has 4 rings (SSSR count). The van der Waals surface area contributed by atoms with Gasteiger partial charge in [-0.25, -0.2) is 8.42 Å². The first-order valence-electron chi connectivity index (χ1n) is 9.08. The van der Waals surface area contributed by atoms with Crippen LogP contribution < -0.4 is 5.32 Å². The van der Waals surface area contributed by atoms with Crippen molar-refractivity contribution in [3.63, 3.8) is 0 Å². The molecule has 1 amide bonds. The monoisotopic (exact) mass is 405 g/mol. The van der Waals surface area contributed by atoms with Gasteiger partial charge in [-0.2, -0.15) is 0 Å². The zero-order chi connectivity index (χ0) is 19.0. The number of amides is 1. The molecule has 3 heterocycles. The van der Waals surface area contributed by atoms with E-state index in [1.807, 2.05) is 12.1 Å². The summed E-state index contributed by atoms with van der Waals surface area (Å²) in [6.07, 6.45) is 0. The molecule has 6 nitrogen and oxygen atoms in total. The molecule has 0 saturated carbocycles. The summed E-state index contributed by atoms with van der Waals surface area (Å²) in [6.45, 7) is 5.59. The third kappa shape index (κ3) is 3.80. The fourth-order valence-electron chi connectivity index (χ4n) is 3.57. The van der Waals surface area contributed by atoms with Gasteiger partial charge in [0.2, 0.25) is 0 Å². The number of piperazine rings is 1. The van der Waals surface area contributed by atoms with Gasteiger partial charge in [0.15, 0.2) is 9.84 Å². The molecule has 2 aliphatic rings. The van der Waals surface area contributed by atoms with Gasteiger partial charge in [0, 0.05) is 49.7 Å². The predicted molar refractivity (Wildman–Crippen MR) is 107 cm³/mol. The molecule has 0 bridgehead atoms. The Kier molecular flexibility index (Phi) is 5.07. The molecule has 0 atom stereocenters. The van der Waals surface area contributed by atoms with E-state index in [-0.39, 0.29) is 11.7 Å². The lowest BCUT2D eigenvalue weighted by molar-refractivity contribution is 0.0945. The largest absolute Gasteiger partial charge is 0.350 e. The van der Waals surface area contributed by atoms with E-state index in [0.29, 0.717) is 21.9 Å². The highest BCUT2D eigenvalue weighted by molar-refractivity contribution is 7.91. The maximum absolute atomic E-state index is 12.6. The highest BCUT2D eigenvalue weighted by atomic mass is 32.2. The average Bonchev–Trinajstić information content (AvgIpc) is 3.07. The smallest absolute Gasteiger partial charge is 0.261 e. The lowest BCUT2D eigenvalue weighted by Gasteiger charge is -2.32. The van der Waals surface area contributed by atoms with Crippen LogP contribution in [-0.2, 0) is 15.6 Å². The molecule has 8 heteroatoms. The highest BCUT2D eigenvalue weighted by Crippen LogP contribution is 2.42. The number of hydrogen-bond donors (Lipinski definition) is 1. The van der Waals surface area contributed by atoms with Crippen LogP contribution in [0.5, 0.6) is 0 Å². The van der Waals surface area contributed by atoms with Gasteiger partial charge in [0.05, 0.1) is 15.5 Å².